The van der Waals surface area contributed by atoms with Gasteiger partial charge < -0.3 is 9.84 Å². The van der Waals surface area contributed by atoms with Crippen molar-refractivity contribution in [2.45, 2.75) is 51.9 Å². The highest BCUT2D eigenvalue weighted by molar-refractivity contribution is 5.17. The van der Waals surface area contributed by atoms with Gasteiger partial charge in [0.2, 0.25) is 0 Å². The SMILES string of the molecule is CCC/C(=C/[C@H](C)O)[C@@H]1O[C@H]1C. The van der Waals surface area contributed by atoms with E-state index in [0.717, 1.165) is 12.8 Å². The third kappa shape index (κ3) is 2.61. The van der Waals surface area contributed by atoms with Crippen LogP contribution in [0.4, 0.5) is 0 Å². The lowest BCUT2D eigenvalue weighted by Gasteiger charge is -2.03. The van der Waals surface area contributed by atoms with E-state index in [4.69, 9.17) is 4.74 Å². The summed E-state index contributed by atoms with van der Waals surface area (Å²) in [5.41, 5.74) is 1.26. The first kappa shape index (κ1) is 9.75. The molecule has 2 heteroatoms. The maximum atomic E-state index is 9.18. The Morgan fingerprint density at radius 2 is 2.25 bits per heavy atom. The van der Waals surface area contributed by atoms with Crippen molar-refractivity contribution in [1.29, 1.82) is 0 Å². The van der Waals surface area contributed by atoms with Crippen molar-refractivity contribution in [2.24, 2.45) is 0 Å². The van der Waals surface area contributed by atoms with Crippen molar-refractivity contribution < 1.29 is 9.84 Å². The van der Waals surface area contributed by atoms with Gasteiger partial charge in [-0.2, -0.15) is 0 Å². The molecule has 0 aromatic carbocycles. The largest absolute Gasteiger partial charge is 0.389 e. The molecule has 1 aliphatic rings. The van der Waals surface area contributed by atoms with Crippen LogP contribution in [0.3, 0.4) is 0 Å². The van der Waals surface area contributed by atoms with Crippen LogP contribution < -0.4 is 0 Å². The predicted molar refractivity (Wildman–Crippen MR) is 49.0 cm³/mol. The summed E-state index contributed by atoms with van der Waals surface area (Å²) in [4.78, 5) is 0. The molecule has 0 aliphatic carbocycles. The van der Waals surface area contributed by atoms with E-state index < -0.39 is 0 Å². The quantitative estimate of drug-likeness (QED) is 0.516. The molecule has 1 aliphatic heterocycles. The minimum Gasteiger partial charge on any atom is -0.389 e. The van der Waals surface area contributed by atoms with E-state index in [1.807, 2.05) is 6.08 Å². The third-order valence-electron chi connectivity index (χ3n) is 2.07. The van der Waals surface area contributed by atoms with Gasteiger partial charge >= 0.3 is 0 Å². The Morgan fingerprint density at radius 1 is 1.67 bits per heavy atom. The summed E-state index contributed by atoms with van der Waals surface area (Å²) < 4.78 is 5.35. The van der Waals surface area contributed by atoms with Crippen molar-refractivity contribution in [3.63, 3.8) is 0 Å². The Bertz CT molecular complexity index is 173. The van der Waals surface area contributed by atoms with Gasteiger partial charge in [0.1, 0.15) is 6.10 Å². The first-order valence-corrected chi connectivity index (χ1v) is 4.69. The molecule has 0 amide bonds. The Kier molecular flexibility index (Phi) is 3.29. The molecule has 70 valence electrons. The zero-order chi connectivity index (χ0) is 9.14. The van der Waals surface area contributed by atoms with Gasteiger partial charge in [-0.25, -0.2) is 0 Å². The zero-order valence-corrected chi connectivity index (χ0v) is 8.08. The standard InChI is InChI=1S/C10H18O2/c1-4-5-9(6-7(2)11)10-8(3)12-10/h6-8,10-11H,4-5H2,1-3H3/b9-6-/t7-,8-,10+/m0/s1. The van der Waals surface area contributed by atoms with Crippen molar-refractivity contribution in [2.75, 3.05) is 0 Å². The molecule has 0 bridgehead atoms. The van der Waals surface area contributed by atoms with Gasteiger partial charge in [0, 0.05) is 0 Å². The van der Waals surface area contributed by atoms with Gasteiger partial charge in [-0.15, -0.1) is 0 Å². The van der Waals surface area contributed by atoms with Crippen molar-refractivity contribution >= 4 is 0 Å². The van der Waals surface area contributed by atoms with Crippen LogP contribution in [-0.2, 0) is 4.74 Å². The summed E-state index contributed by atoms with van der Waals surface area (Å²) in [6.07, 6.45) is 4.38. The van der Waals surface area contributed by atoms with E-state index in [2.05, 4.69) is 13.8 Å². The highest BCUT2D eigenvalue weighted by Crippen LogP contribution is 2.31. The van der Waals surface area contributed by atoms with Crippen LogP contribution in [-0.4, -0.2) is 23.4 Å². The predicted octanol–water partition coefficient (Wildman–Crippen LogP) is 1.88. The lowest BCUT2D eigenvalue weighted by Crippen LogP contribution is -2.02. The average Bonchev–Trinajstić information content (AvgIpc) is 2.65. The highest BCUT2D eigenvalue weighted by Gasteiger charge is 2.36. The summed E-state index contributed by atoms with van der Waals surface area (Å²) in [5, 5.41) is 9.18. The maximum Gasteiger partial charge on any atom is 0.105 e. The van der Waals surface area contributed by atoms with Gasteiger partial charge in [-0.3, -0.25) is 0 Å². The van der Waals surface area contributed by atoms with Crippen LogP contribution in [0.2, 0.25) is 0 Å². The van der Waals surface area contributed by atoms with Crippen LogP contribution in [0.1, 0.15) is 33.6 Å². The molecule has 0 aromatic heterocycles. The Hall–Kier alpha value is -0.340. The fourth-order valence-corrected chi connectivity index (χ4v) is 1.49. The van der Waals surface area contributed by atoms with Crippen LogP contribution >= 0.6 is 0 Å². The zero-order valence-electron chi connectivity index (χ0n) is 8.08. The molecule has 1 N–H and O–H groups in total. The Morgan fingerprint density at radius 3 is 2.58 bits per heavy atom. The molecule has 0 aromatic rings. The minimum absolute atomic E-state index is 0.291. The van der Waals surface area contributed by atoms with E-state index in [0.29, 0.717) is 12.2 Å². The molecule has 2 nitrogen and oxygen atoms in total. The lowest BCUT2D eigenvalue weighted by molar-refractivity contribution is 0.242. The average molecular weight is 170 g/mol. The van der Waals surface area contributed by atoms with Crippen LogP contribution in [0, 0.1) is 0 Å². The molecular formula is C10H18O2. The Balaban J connectivity index is 2.49. The summed E-state index contributed by atoms with van der Waals surface area (Å²) in [6, 6.07) is 0. The van der Waals surface area contributed by atoms with E-state index in [1.54, 1.807) is 6.92 Å². The summed E-state index contributed by atoms with van der Waals surface area (Å²) in [6.45, 7) is 5.99. The van der Waals surface area contributed by atoms with Crippen molar-refractivity contribution in [1.82, 2.24) is 0 Å². The van der Waals surface area contributed by atoms with Crippen molar-refractivity contribution in [3.05, 3.63) is 11.6 Å². The maximum absolute atomic E-state index is 9.18. The lowest BCUT2D eigenvalue weighted by atomic mass is 10.0. The van der Waals surface area contributed by atoms with Crippen LogP contribution in [0.5, 0.6) is 0 Å². The highest BCUT2D eigenvalue weighted by atomic mass is 16.6. The fraction of sp³-hybridized carbons (Fsp3) is 0.800. The number of epoxide rings is 1. The van der Waals surface area contributed by atoms with E-state index in [9.17, 15) is 5.11 Å². The van der Waals surface area contributed by atoms with Gasteiger partial charge in [-0.1, -0.05) is 19.4 Å². The smallest absolute Gasteiger partial charge is 0.105 e. The molecular weight excluding hydrogens is 152 g/mol. The second-order valence-electron chi connectivity index (χ2n) is 3.49. The molecule has 0 radical (unpaired) electrons. The van der Waals surface area contributed by atoms with Gasteiger partial charge in [0.05, 0.1) is 12.2 Å². The molecule has 0 unspecified atom stereocenters. The fourth-order valence-electron chi connectivity index (χ4n) is 1.49. The minimum atomic E-state index is -0.344. The van der Waals surface area contributed by atoms with Crippen molar-refractivity contribution in [3.8, 4) is 0 Å². The number of hydrogen-bond acceptors (Lipinski definition) is 2. The molecule has 0 spiro atoms. The van der Waals surface area contributed by atoms with Gasteiger partial charge in [-0.05, 0) is 25.8 Å². The summed E-state index contributed by atoms with van der Waals surface area (Å²) in [5.74, 6) is 0. The molecule has 1 heterocycles. The molecule has 3 atom stereocenters. The summed E-state index contributed by atoms with van der Waals surface area (Å²) in [7, 11) is 0. The first-order valence-electron chi connectivity index (χ1n) is 4.69. The molecule has 1 rings (SSSR count). The van der Waals surface area contributed by atoms with Gasteiger partial charge in [0.15, 0.2) is 0 Å². The molecule has 1 saturated heterocycles. The monoisotopic (exact) mass is 170 g/mol. The van der Waals surface area contributed by atoms with E-state index in [1.165, 1.54) is 5.57 Å². The normalized spacial score (nSPS) is 31.8. The van der Waals surface area contributed by atoms with E-state index >= 15 is 0 Å². The van der Waals surface area contributed by atoms with E-state index in [-0.39, 0.29) is 6.10 Å². The number of rotatable bonds is 4. The second kappa shape index (κ2) is 4.06. The molecule has 12 heavy (non-hydrogen) atoms. The third-order valence-corrected chi connectivity index (χ3v) is 2.07. The Labute approximate surface area is 74.2 Å². The molecule has 1 fully saturated rings. The summed E-state index contributed by atoms with van der Waals surface area (Å²) >= 11 is 0. The first-order chi connectivity index (χ1) is 5.65. The van der Waals surface area contributed by atoms with Crippen LogP contribution in [0.15, 0.2) is 11.6 Å². The van der Waals surface area contributed by atoms with Crippen LogP contribution in [0.25, 0.3) is 0 Å². The number of aliphatic hydroxyl groups excluding tert-OH is 1. The van der Waals surface area contributed by atoms with Gasteiger partial charge in [0.25, 0.3) is 0 Å². The second-order valence-corrected chi connectivity index (χ2v) is 3.49. The number of ether oxygens (including phenoxy) is 1. The molecule has 0 saturated carbocycles. The topological polar surface area (TPSA) is 32.8 Å². The number of hydrogen-bond donors (Lipinski definition) is 1. The number of aliphatic hydroxyl groups is 1.